The maximum absolute atomic E-state index is 5.94. The van der Waals surface area contributed by atoms with Crippen molar-refractivity contribution in [3.63, 3.8) is 0 Å². The van der Waals surface area contributed by atoms with Crippen LogP contribution >= 0.6 is 27.5 Å². The molecular weight excluding hydrogens is 265 g/mol. The largest absolute Gasteiger partial charge is 0.382 e. The highest BCUT2D eigenvalue weighted by atomic mass is 79.9. The van der Waals surface area contributed by atoms with E-state index in [9.17, 15) is 0 Å². The van der Waals surface area contributed by atoms with Crippen LogP contribution in [0.3, 0.4) is 0 Å². The van der Waals surface area contributed by atoms with E-state index in [1.165, 1.54) is 0 Å². The molecule has 1 aromatic carbocycles. The van der Waals surface area contributed by atoms with E-state index in [2.05, 4.69) is 21.2 Å². The Labute approximate surface area is 97.7 Å². The van der Waals surface area contributed by atoms with E-state index in [1.54, 1.807) is 7.11 Å². The summed E-state index contributed by atoms with van der Waals surface area (Å²) in [5.74, 6) is 0. The van der Waals surface area contributed by atoms with Crippen molar-refractivity contribution >= 4 is 33.2 Å². The Morgan fingerprint density at radius 3 is 2.86 bits per heavy atom. The van der Waals surface area contributed by atoms with Crippen molar-refractivity contribution in [2.24, 2.45) is 0 Å². The van der Waals surface area contributed by atoms with Gasteiger partial charge >= 0.3 is 0 Å². The molecule has 0 heterocycles. The average molecular weight is 279 g/mol. The summed E-state index contributed by atoms with van der Waals surface area (Å²) in [4.78, 5) is 0. The number of rotatable bonds is 4. The predicted molar refractivity (Wildman–Crippen MR) is 64.1 cm³/mol. The minimum atomic E-state index is 0.192. The highest BCUT2D eigenvalue weighted by Gasteiger charge is 2.01. The molecule has 14 heavy (non-hydrogen) atoms. The van der Waals surface area contributed by atoms with Crippen molar-refractivity contribution in [3.05, 3.63) is 27.7 Å². The summed E-state index contributed by atoms with van der Waals surface area (Å²) in [5, 5.41) is 3.94. The lowest BCUT2D eigenvalue weighted by Gasteiger charge is -2.12. The third kappa shape index (κ3) is 3.48. The van der Waals surface area contributed by atoms with Crippen molar-refractivity contribution in [3.8, 4) is 0 Å². The molecule has 1 unspecified atom stereocenters. The molecule has 1 rings (SSSR count). The number of benzene rings is 1. The fourth-order valence-electron chi connectivity index (χ4n) is 0.951. The zero-order chi connectivity index (χ0) is 10.6. The summed E-state index contributed by atoms with van der Waals surface area (Å²) in [6, 6.07) is 5.77. The van der Waals surface area contributed by atoms with Gasteiger partial charge in [0.1, 0.15) is 0 Å². The van der Waals surface area contributed by atoms with Gasteiger partial charge in [0.2, 0.25) is 0 Å². The quantitative estimate of drug-likeness (QED) is 0.909. The Morgan fingerprint density at radius 2 is 2.29 bits per heavy atom. The molecule has 1 N–H and O–H groups in total. The molecule has 0 aromatic heterocycles. The first-order valence-electron chi connectivity index (χ1n) is 4.35. The number of methoxy groups -OCH3 is 1. The number of hydrogen-bond donors (Lipinski definition) is 1. The molecule has 0 radical (unpaired) electrons. The molecule has 0 aliphatic carbocycles. The van der Waals surface area contributed by atoms with Crippen LogP contribution in [0.4, 0.5) is 5.69 Å². The number of anilines is 1. The molecule has 0 saturated carbocycles. The molecule has 1 aromatic rings. The number of halogens is 2. The molecule has 0 aliphatic heterocycles. The van der Waals surface area contributed by atoms with Crippen LogP contribution in [0, 0.1) is 0 Å². The summed E-state index contributed by atoms with van der Waals surface area (Å²) >= 11 is 9.28. The maximum atomic E-state index is 5.94. The first kappa shape index (κ1) is 11.8. The van der Waals surface area contributed by atoms with Gasteiger partial charge in [-0.2, -0.15) is 0 Å². The van der Waals surface area contributed by atoms with E-state index in [0.717, 1.165) is 16.7 Å². The molecule has 0 saturated heterocycles. The number of hydrogen-bond acceptors (Lipinski definition) is 2. The van der Waals surface area contributed by atoms with Crippen molar-refractivity contribution in [1.82, 2.24) is 0 Å². The van der Waals surface area contributed by atoms with Gasteiger partial charge in [-0.15, -0.1) is 0 Å². The predicted octanol–water partition coefficient (Wildman–Crippen LogP) is 3.55. The van der Waals surface area contributed by atoms with Crippen LogP contribution in [0.1, 0.15) is 6.92 Å². The minimum absolute atomic E-state index is 0.192. The maximum Gasteiger partial charge on any atom is 0.0715 e. The SMILES string of the molecule is COC(C)CNc1ccc(Br)c(Cl)c1. The number of ether oxygens (including phenoxy) is 1. The Morgan fingerprint density at radius 1 is 1.57 bits per heavy atom. The Kier molecular flexibility index (Phi) is 4.72. The van der Waals surface area contributed by atoms with Gasteiger partial charge in [-0.05, 0) is 41.1 Å². The second-order valence-electron chi connectivity index (χ2n) is 3.06. The van der Waals surface area contributed by atoms with E-state index >= 15 is 0 Å². The summed E-state index contributed by atoms with van der Waals surface area (Å²) in [5.41, 5.74) is 1.00. The van der Waals surface area contributed by atoms with Crippen LogP contribution in [0.15, 0.2) is 22.7 Å². The summed E-state index contributed by atoms with van der Waals surface area (Å²) < 4.78 is 6.03. The summed E-state index contributed by atoms with van der Waals surface area (Å²) in [6.45, 7) is 2.78. The fourth-order valence-corrected chi connectivity index (χ4v) is 1.38. The number of nitrogens with one attached hydrogen (secondary N) is 1. The first-order chi connectivity index (χ1) is 6.63. The summed E-state index contributed by atoms with van der Waals surface area (Å²) in [6.07, 6.45) is 0.192. The van der Waals surface area contributed by atoms with Gasteiger partial charge in [0.05, 0.1) is 11.1 Å². The van der Waals surface area contributed by atoms with Gasteiger partial charge in [-0.25, -0.2) is 0 Å². The third-order valence-electron chi connectivity index (χ3n) is 1.92. The van der Waals surface area contributed by atoms with Gasteiger partial charge in [-0.3, -0.25) is 0 Å². The van der Waals surface area contributed by atoms with Crippen molar-refractivity contribution in [2.75, 3.05) is 19.0 Å². The smallest absolute Gasteiger partial charge is 0.0715 e. The van der Waals surface area contributed by atoms with Crippen LogP contribution < -0.4 is 5.32 Å². The molecule has 78 valence electrons. The van der Waals surface area contributed by atoms with E-state index in [0.29, 0.717) is 5.02 Å². The lowest BCUT2D eigenvalue weighted by molar-refractivity contribution is 0.129. The molecule has 0 spiro atoms. The topological polar surface area (TPSA) is 21.3 Å². The van der Waals surface area contributed by atoms with Crippen LogP contribution in [0.2, 0.25) is 5.02 Å². The van der Waals surface area contributed by atoms with Gasteiger partial charge in [0.15, 0.2) is 0 Å². The molecule has 1 atom stereocenters. The van der Waals surface area contributed by atoms with Crippen LogP contribution in [0.25, 0.3) is 0 Å². The lowest BCUT2D eigenvalue weighted by Crippen LogP contribution is -2.17. The lowest BCUT2D eigenvalue weighted by atomic mass is 10.3. The van der Waals surface area contributed by atoms with E-state index < -0.39 is 0 Å². The summed E-state index contributed by atoms with van der Waals surface area (Å²) in [7, 11) is 1.70. The van der Waals surface area contributed by atoms with Crippen LogP contribution in [0.5, 0.6) is 0 Å². The normalized spacial score (nSPS) is 12.6. The third-order valence-corrected chi connectivity index (χ3v) is 3.15. The molecule has 2 nitrogen and oxygen atoms in total. The second kappa shape index (κ2) is 5.59. The average Bonchev–Trinajstić information content (AvgIpc) is 2.19. The molecule has 0 amide bonds. The molecule has 0 fully saturated rings. The van der Waals surface area contributed by atoms with Crippen LogP contribution in [-0.2, 0) is 4.74 Å². The zero-order valence-corrected chi connectivity index (χ0v) is 10.5. The van der Waals surface area contributed by atoms with Crippen LogP contribution in [-0.4, -0.2) is 19.8 Å². The van der Waals surface area contributed by atoms with Gasteiger partial charge in [-0.1, -0.05) is 11.6 Å². The Hall–Kier alpha value is -0.250. The second-order valence-corrected chi connectivity index (χ2v) is 4.32. The van der Waals surface area contributed by atoms with Crippen molar-refractivity contribution in [1.29, 1.82) is 0 Å². The fraction of sp³-hybridized carbons (Fsp3) is 0.400. The van der Waals surface area contributed by atoms with Gasteiger partial charge in [0, 0.05) is 23.8 Å². The molecule has 4 heteroatoms. The van der Waals surface area contributed by atoms with Crippen molar-refractivity contribution in [2.45, 2.75) is 13.0 Å². The first-order valence-corrected chi connectivity index (χ1v) is 5.52. The molecule has 0 bridgehead atoms. The highest BCUT2D eigenvalue weighted by Crippen LogP contribution is 2.25. The Bertz CT molecular complexity index is 306. The van der Waals surface area contributed by atoms with Crippen molar-refractivity contribution < 1.29 is 4.74 Å². The monoisotopic (exact) mass is 277 g/mol. The molecule has 0 aliphatic rings. The highest BCUT2D eigenvalue weighted by molar-refractivity contribution is 9.10. The van der Waals surface area contributed by atoms with E-state index in [-0.39, 0.29) is 6.10 Å². The van der Waals surface area contributed by atoms with E-state index in [1.807, 2.05) is 25.1 Å². The minimum Gasteiger partial charge on any atom is -0.382 e. The molecular formula is C10H13BrClNO. The van der Waals surface area contributed by atoms with Gasteiger partial charge in [0.25, 0.3) is 0 Å². The van der Waals surface area contributed by atoms with E-state index in [4.69, 9.17) is 16.3 Å². The standard InChI is InChI=1S/C10H13BrClNO/c1-7(14-2)6-13-8-3-4-9(11)10(12)5-8/h3-5,7,13H,6H2,1-2H3. The van der Waals surface area contributed by atoms with Gasteiger partial charge < -0.3 is 10.1 Å². The Balaban J connectivity index is 2.55. The zero-order valence-electron chi connectivity index (χ0n) is 8.18.